The van der Waals surface area contributed by atoms with Crippen LogP contribution in [0.2, 0.25) is 0 Å². The van der Waals surface area contributed by atoms with E-state index in [1.165, 1.54) is 12.5 Å². The Hall–Kier alpha value is -1.84. The Kier molecular flexibility index (Phi) is 4.69. The zero-order chi connectivity index (χ0) is 12.8. The highest BCUT2D eigenvalue weighted by Crippen LogP contribution is 2.02. The molecular formula is C13H18N2O2. The molecule has 0 aromatic heterocycles. The van der Waals surface area contributed by atoms with Gasteiger partial charge in [-0.1, -0.05) is 29.8 Å². The highest BCUT2D eigenvalue weighted by atomic mass is 16.2. The predicted octanol–water partition coefficient (Wildman–Crippen LogP) is 1.14. The molecule has 2 amide bonds. The summed E-state index contributed by atoms with van der Waals surface area (Å²) in [6.07, 6.45) is 0. The van der Waals surface area contributed by atoms with E-state index in [1.807, 2.05) is 31.2 Å². The van der Waals surface area contributed by atoms with Crippen LogP contribution in [0.25, 0.3) is 0 Å². The Morgan fingerprint density at radius 2 is 1.82 bits per heavy atom. The fraction of sp³-hybridized carbons (Fsp3) is 0.385. The van der Waals surface area contributed by atoms with Gasteiger partial charge in [-0.05, 0) is 19.4 Å². The third-order valence-corrected chi connectivity index (χ3v) is 2.40. The van der Waals surface area contributed by atoms with Gasteiger partial charge in [0.25, 0.3) is 0 Å². The second-order valence-corrected chi connectivity index (χ2v) is 4.13. The van der Waals surface area contributed by atoms with E-state index < -0.39 is 6.04 Å². The van der Waals surface area contributed by atoms with Gasteiger partial charge in [0.15, 0.2) is 0 Å². The topological polar surface area (TPSA) is 58.2 Å². The van der Waals surface area contributed by atoms with Crippen LogP contribution >= 0.6 is 0 Å². The van der Waals surface area contributed by atoms with E-state index in [-0.39, 0.29) is 11.8 Å². The smallest absolute Gasteiger partial charge is 0.242 e. The van der Waals surface area contributed by atoms with Gasteiger partial charge in [0.05, 0.1) is 0 Å². The van der Waals surface area contributed by atoms with Gasteiger partial charge in [-0.3, -0.25) is 9.59 Å². The fourth-order valence-electron chi connectivity index (χ4n) is 1.42. The molecule has 0 radical (unpaired) electrons. The fourth-order valence-corrected chi connectivity index (χ4v) is 1.42. The maximum absolute atomic E-state index is 11.6. The van der Waals surface area contributed by atoms with Crippen molar-refractivity contribution in [3.05, 3.63) is 35.4 Å². The van der Waals surface area contributed by atoms with Gasteiger partial charge in [-0.2, -0.15) is 0 Å². The van der Waals surface area contributed by atoms with Gasteiger partial charge in [-0.25, -0.2) is 0 Å². The molecule has 0 fully saturated rings. The summed E-state index contributed by atoms with van der Waals surface area (Å²) in [7, 11) is 0. The second kappa shape index (κ2) is 6.03. The lowest BCUT2D eigenvalue weighted by molar-refractivity contribution is -0.127. The monoisotopic (exact) mass is 234 g/mol. The number of amides is 2. The summed E-state index contributed by atoms with van der Waals surface area (Å²) < 4.78 is 0. The van der Waals surface area contributed by atoms with Crippen LogP contribution in [0.15, 0.2) is 24.3 Å². The van der Waals surface area contributed by atoms with Crippen molar-refractivity contribution in [3.63, 3.8) is 0 Å². The Morgan fingerprint density at radius 3 is 2.35 bits per heavy atom. The van der Waals surface area contributed by atoms with Crippen molar-refractivity contribution in [2.45, 2.75) is 33.4 Å². The molecule has 1 aromatic rings. The molecule has 0 unspecified atom stereocenters. The van der Waals surface area contributed by atoms with Crippen LogP contribution in [-0.4, -0.2) is 17.9 Å². The quantitative estimate of drug-likeness (QED) is 0.820. The van der Waals surface area contributed by atoms with Crippen molar-refractivity contribution in [1.82, 2.24) is 10.6 Å². The standard InChI is InChI=1S/C13H18N2O2/c1-9-4-6-12(7-5-9)8-14-13(17)10(2)15-11(3)16/h4-7,10H,8H2,1-3H3,(H,14,17)(H,15,16)/t10-/m1/s1. The average molecular weight is 234 g/mol. The normalized spacial score (nSPS) is 11.7. The van der Waals surface area contributed by atoms with E-state index in [2.05, 4.69) is 10.6 Å². The minimum Gasteiger partial charge on any atom is -0.350 e. The number of hydrogen-bond donors (Lipinski definition) is 2. The summed E-state index contributed by atoms with van der Waals surface area (Å²) in [5.41, 5.74) is 2.23. The first kappa shape index (κ1) is 13.2. The van der Waals surface area contributed by atoms with Gasteiger partial charge in [0, 0.05) is 13.5 Å². The first-order valence-electron chi connectivity index (χ1n) is 5.59. The molecule has 1 atom stereocenters. The van der Waals surface area contributed by atoms with E-state index >= 15 is 0 Å². The molecule has 0 aliphatic heterocycles. The number of benzene rings is 1. The second-order valence-electron chi connectivity index (χ2n) is 4.13. The molecule has 92 valence electrons. The Balaban J connectivity index is 2.42. The average Bonchev–Trinajstić information content (AvgIpc) is 2.27. The molecule has 1 aromatic carbocycles. The maximum atomic E-state index is 11.6. The Labute approximate surface area is 101 Å². The van der Waals surface area contributed by atoms with Crippen molar-refractivity contribution in [3.8, 4) is 0 Å². The van der Waals surface area contributed by atoms with E-state index in [1.54, 1.807) is 6.92 Å². The molecule has 0 saturated heterocycles. The van der Waals surface area contributed by atoms with Crippen molar-refractivity contribution in [2.75, 3.05) is 0 Å². The summed E-state index contributed by atoms with van der Waals surface area (Å²) in [6, 6.07) is 7.44. The van der Waals surface area contributed by atoms with Gasteiger partial charge in [0.2, 0.25) is 11.8 Å². The molecule has 0 saturated carbocycles. The number of nitrogens with one attached hydrogen (secondary N) is 2. The lowest BCUT2D eigenvalue weighted by Crippen LogP contribution is -2.43. The lowest BCUT2D eigenvalue weighted by Gasteiger charge is -2.12. The van der Waals surface area contributed by atoms with Crippen LogP contribution in [0.1, 0.15) is 25.0 Å². The summed E-state index contributed by atoms with van der Waals surface area (Å²) >= 11 is 0. The SMILES string of the molecule is CC(=O)N[C@H](C)C(=O)NCc1ccc(C)cc1. The van der Waals surface area contributed by atoms with Gasteiger partial charge in [-0.15, -0.1) is 0 Å². The Morgan fingerprint density at radius 1 is 1.24 bits per heavy atom. The first-order chi connectivity index (χ1) is 7.99. The first-order valence-corrected chi connectivity index (χ1v) is 5.59. The molecule has 2 N–H and O–H groups in total. The number of aryl methyl sites for hydroxylation is 1. The summed E-state index contributed by atoms with van der Waals surface area (Å²) in [6.45, 7) is 5.54. The zero-order valence-electron chi connectivity index (χ0n) is 10.4. The molecule has 0 spiro atoms. The largest absolute Gasteiger partial charge is 0.350 e. The molecule has 0 aliphatic rings. The number of rotatable bonds is 4. The van der Waals surface area contributed by atoms with Gasteiger partial charge < -0.3 is 10.6 Å². The van der Waals surface area contributed by atoms with E-state index in [0.717, 1.165) is 5.56 Å². The molecule has 1 rings (SSSR count). The summed E-state index contributed by atoms with van der Waals surface area (Å²) in [5, 5.41) is 5.31. The van der Waals surface area contributed by atoms with Crippen LogP contribution in [-0.2, 0) is 16.1 Å². The van der Waals surface area contributed by atoms with Crippen LogP contribution in [0, 0.1) is 6.92 Å². The van der Waals surface area contributed by atoms with Crippen molar-refractivity contribution >= 4 is 11.8 Å². The molecule has 0 aliphatic carbocycles. The van der Waals surface area contributed by atoms with E-state index in [4.69, 9.17) is 0 Å². The zero-order valence-corrected chi connectivity index (χ0v) is 10.4. The highest BCUT2D eigenvalue weighted by Gasteiger charge is 2.12. The third kappa shape index (κ3) is 4.68. The minimum absolute atomic E-state index is 0.180. The number of carbonyl (C=O) groups excluding carboxylic acids is 2. The van der Waals surface area contributed by atoms with E-state index in [9.17, 15) is 9.59 Å². The lowest BCUT2D eigenvalue weighted by atomic mass is 10.1. The number of carbonyl (C=O) groups is 2. The van der Waals surface area contributed by atoms with E-state index in [0.29, 0.717) is 6.54 Å². The Bertz CT molecular complexity index is 398. The predicted molar refractivity (Wildman–Crippen MR) is 66.3 cm³/mol. The van der Waals surface area contributed by atoms with Crippen LogP contribution in [0.4, 0.5) is 0 Å². The molecule has 0 bridgehead atoms. The molecule has 17 heavy (non-hydrogen) atoms. The third-order valence-electron chi connectivity index (χ3n) is 2.40. The van der Waals surface area contributed by atoms with Crippen molar-refractivity contribution in [1.29, 1.82) is 0 Å². The molecule has 0 heterocycles. The molecule has 4 nitrogen and oxygen atoms in total. The minimum atomic E-state index is -0.502. The van der Waals surface area contributed by atoms with Crippen molar-refractivity contribution < 1.29 is 9.59 Å². The van der Waals surface area contributed by atoms with Crippen molar-refractivity contribution in [2.24, 2.45) is 0 Å². The maximum Gasteiger partial charge on any atom is 0.242 e. The molecular weight excluding hydrogens is 216 g/mol. The van der Waals surface area contributed by atoms with Crippen LogP contribution < -0.4 is 10.6 Å². The highest BCUT2D eigenvalue weighted by molar-refractivity contribution is 5.86. The molecule has 4 heteroatoms. The van der Waals surface area contributed by atoms with Crippen LogP contribution in [0.5, 0.6) is 0 Å². The number of hydrogen-bond acceptors (Lipinski definition) is 2. The van der Waals surface area contributed by atoms with Crippen LogP contribution in [0.3, 0.4) is 0 Å². The van der Waals surface area contributed by atoms with Gasteiger partial charge in [0.1, 0.15) is 6.04 Å². The summed E-state index contributed by atoms with van der Waals surface area (Å²) in [4.78, 5) is 22.4. The van der Waals surface area contributed by atoms with Gasteiger partial charge >= 0.3 is 0 Å². The summed E-state index contributed by atoms with van der Waals surface area (Å²) in [5.74, 6) is -0.385.